The lowest BCUT2D eigenvalue weighted by atomic mass is 9.93. The number of aliphatic hydroxyl groups is 1. The number of rotatable bonds is 3. The van der Waals surface area contributed by atoms with E-state index < -0.39 is 5.60 Å². The van der Waals surface area contributed by atoms with Crippen LogP contribution in [0.2, 0.25) is 0 Å². The molecule has 0 aromatic heterocycles. The second-order valence-electron chi connectivity index (χ2n) is 5.71. The molecule has 1 aliphatic rings. The molecule has 0 bridgehead atoms. The molecule has 1 aromatic carbocycles. The highest BCUT2D eigenvalue weighted by molar-refractivity contribution is 5.50. The van der Waals surface area contributed by atoms with E-state index in [1.807, 2.05) is 37.9 Å². The minimum atomic E-state index is -0.604. The van der Waals surface area contributed by atoms with E-state index in [1.165, 1.54) is 0 Å². The molecule has 0 radical (unpaired) electrons. The third-order valence-corrected chi connectivity index (χ3v) is 4.09. The fourth-order valence-corrected chi connectivity index (χ4v) is 2.44. The highest BCUT2D eigenvalue weighted by Crippen LogP contribution is 2.29. The minimum Gasteiger partial charge on any atom is -0.390 e. The van der Waals surface area contributed by atoms with Crippen LogP contribution in [0.25, 0.3) is 0 Å². The molecular formula is C15H23FN2O. The van der Waals surface area contributed by atoms with E-state index in [0.29, 0.717) is 31.6 Å². The van der Waals surface area contributed by atoms with Gasteiger partial charge in [0, 0.05) is 19.1 Å². The average Bonchev–Trinajstić information content (AvgIpc) is 2.38. The van der Waals surface area contributed by atoms with E-state index in [-0.39, 0.29) is 11.9 Å². The van der Waals surface area contributed by atoms with Crippen LogP contribution in [-0.4, -0.2) is 30.8 Å². The van der Waals surface area contributed by atoms with E-state index >= 15 is 0 Å². The van der Waals surface area contributed by atoms with Crippen LogP contribution in [0.1, 0.15) is 38.3 Å². The Kier molecular flexibility index (Phi) is 4.11. The van der Waals surface area contributed by atoms with E-state index in [0.717, 1.165) is 5.56 Å². The number of hydrogen-bond acceptors (Lipinski definition) is 3. The molecule has 1 aromatic rings. The van der Waals surface area contributed by atoms with Crippen LogP contribution in [-0.2, 0) is 0 Å². The van der Waals surface area contributed by atoms with Gasteiger partial charge >= 0.3 is 0 Å². The van der Waals surface area contributed by atoms with Gasteiger partial charge in [-0.2, -0.15) is 0 Å². The Bertz CT molecular complexity index is 438. The first-order chi connectivity index (χ1) is 8.93. The fraction of sp³-hybridized carbons (Fsp3) is 0.600. The molecule has 1 atom stereocenters. The van der Waals surface area contributed by atoms with Crippen LogP contribution < -0.4 is 10.2 Å². The molecule has 2 rings (SSSR count). The number of nitrogens with zero attached hydrogens (tertiary/aromatic N) is 1. The Labute approximate surface area is 114 Å². The van der Waals surface area contributed by atoms with Crippen LogP contribution in [0, 0.1) is 5.82 Å². The summed E-state index contributed by atoms with van der Waals surface area (Å²) < 4.78 is 14.2. The summed E-state index contributed by atoms with van der Waals surface area (Å²) in [6.45, 7) is 5.25. The lowest BCUT2D eigenvalue weighted by molar-refractivity contribution is 0.0350. The summed E-state index contributed by atoms with van der Waals surface area (Å²) in [4.78, 5) is 2.02. The van der Waals surface area contributed by atoms with Crippen molar-refractivity contribution >= 4 is 5.69 Å². The van der Waals surface area contributed by atoms with Gasteiger partial charge in [-0.15, -0.1) is 0 Å². The van der Waals surface area contributed by atoms with E-state index in [1.54, 1.807) is 6.07 Å². The van der Waals surface area contributed by atoms with Crippen molar-refractivity contribution in [1.29, 1.82) is 0 Å². The highest BCUT2D eigenvalue weighted by atomic mass is 19.1. The van der Waals surface area contributed by atoms with Crippen LogP contribution in [0.15, 0.2) is 18.2 Å². The third-order valence-electron chi connectivity index (χ3n) is 4.09. The Morgan fingerprint density at radius 3 is 2.53 bits per heavy atom. The topological polar surface area (TPSA) is 35.5 Å². The van der Waals surface area contributed by atoms with E-state index in [2.05, 4.69) is 5.32 Å². The molecule has 0 amide bonds. The highest BCUT2D eigenvalue weighted by Gasteiger charge is 2.28. The lowest BCUT2D eigenvalue weighted by Gasteiger charge is -2.37. The number of piperidine rings is 1. The third kappa shape index (κ3) is 3.25. The van der Waals surface area contributed by atoms with Crippen molar-refractivity contribution in [3.05, 3.63) is 29.6 Å². The first-order valence-electron chi connectivity index (χ1n) is 6.87. The van der Waals surface area contributed by atoms with Crippen molar-refractivity contribution in [2.24, 2.45) is 0 Å². The first-order valence-corrected chi connectivity index (χ1v) is 6.87. The predicted octanol–water partition coefficient (Wildman–Crippen LogP) is 2.46. The number of nitrogens with one attached hydrogen (secondary N) is 1. The summed E-state index contributed by atoms with van der Waals surface area (Å²) in [6, 6.07) is 5.55. The molecule has 0 aliphatic carbocycles. The lowest BCUT2D eigenvalue weighted by Crippen LogP contribution is -2.42. The Morgan fingerprint density at radius 1 is 1.37 bits per heavy atom. The molecular weight excluding hydrogens is 243 g/mol. The maximum Gasteiger partial charge on any atom is 0.146 e. The molecule has 4 heteroatoms. The second kappa shape index (κ2) is 5.47. The van der Waals surface area contributed by atoms with Gasteiger partial charge < -0.3 is 15.3 Å². The van der Waals surface area contributed by atoms with Gasteiger partial charge in [0.2, 0.25) is 0 Å². The molecule has 0 saturated carbocycles. The smallest absolute Gasteiger partial charge is 0.146 e. The van der Waals surface area contributed by atoms with Gasteiger partial charge in [-0.25, -0.2) is 4.39 Å². The van der Waals surface area contributed by atoms with Gasteiger partial charge in [-0.05, 0) is 51.4 Å². The minimum absolute atomic E-state index is 0.144. The average molecular weight is 266 g/mol. The van der Waals surface area contributed by atoms with Crippen molar-refractivity contribution in [1.82, 2.24) is 5.32 Å². The Morgan fingerprint density at radius 2 is 2.00 bits per heavy atom. The van der Waals surface area contributed by atoms with Crippen molar-refractivity contribution < 1.29 is 9.50 Å². The number of anilines is 1. The van der Waals surface area contributed by atoms with Gasteiger partial charge in [0.15, 0.2) is 0 Å². The zero-order chi connectivity index (χ0) is 14.0. The molecule has 19 heavy (non-hydrogen) atoms. The van der Waals surface area contributed by atoms with Crippen molar-refractivity contribution in [2.75, 3.05) is 25.0 Å². The quantitative estimate of drug-likeness (QED) is 0.882. The molecule has 0 spiro atoms. The number of benzene rings is 1. The summed E-state index contributed by atoms with van der Waals surface area (Å²) in [5.74, 6) is -0.179. The van der Waals surface area contributed by atoms with Gasteiger partial charge in [0.25, 0.3) is 0 Å². The second-order valence-corrected chi connectivity index (χ2v) is 5.71. The summed E-state index contributed by atoms with van der Waals surface area (Å²) in [5.41, 5.74) is 0.989. The molecule has 1 saturated heterocycles. The predicted molar refractivity (Wildman–Crippen MR) is 75.9 cm³/mol. The summed E-state index contributed by atoms with van der Waals surface area (Å²) in [5, 5.41) is 13.0. The molecule has 1 unspecified atom stereocenters. The maximum atomic E-state index is 14.2. The summed E-state index contributed by atoms with van der Waals surface area (Å²) >= 11 is 0. The number of halogens is 1. The normalized spacial score (nSPS) is 20.4. The molecule has 2 N–H and O–H groups in total. The fourth-order valence-electron chi connectivity index (χ4n) is 2.44. The number of hydrogen-bond donors (Lipinski definition) is 2. The van der Waals surface area contributed by atoms with Crippen LogP contribution >= 0.6 is 0 Å². The molecule has 106 valence electrons. The molecule has 1 heterocycles. The molecule has 3 nitrogen and oxygen atoms in total. The zero-order valence-electron chi connectivity index (χ0n) is 11.9. The molecule has 1 fully saturated rings. The van der Waals surface area contributed by atoms with E-state index in [9.17, 15) is 9.50 Å². The Hall–Kier alpha value is -1.13. The van der Waals surface area contributed by atoms with Crippen LogP contribution in [0.3, 0.4) is 0 Å². The summed E-state index contributed by atoms with van der Waals surface area (Å²) in [6.07, 6.45) is 1.36. The van der Waals surface area contributed by atoms with Crippen LogP contribution in [0.4, 0.5) is 10.1 Å². The largest absolute Gasteiger partial charge is 0.390 e. The van der Waals surface area contributed by atoms with Gasteiger partial charge in [0.1, 0.15) is 5.82 Å². The van der Waals surface area contributed by atoms with Gasteiger partial charge in [0.05, 0.1) is 11.3 Å². The Balaban J connectivity index is 2.14. The van der Waals surface area contributed by atoms with Crippen LogP contribution in [0.5, 0.6) is 0 Å². The first kappa shape index (κ1) is 14.3. The molecule has 1 aliphatic heterocycles. The van der Waals surface area contributed by atoms with Gasteiger partial charge in [-0.3, -0.25) is 0 Å². The van der Waals surface area contributed by atoms with E-state index in [4.69, 9.17) is 0 Å². The SMILES string of the molecule is CNC(C)c1ccc(N2CCC(C)(O)CC2)c(F)c1. The van der Waals surface area contributed by atoms with Crippen molar-refractivity contribution in [3.8, 4) is 0 Å². The van der Waals surface area contributed by atoms with Crippen molar-refractivity contribution in [2.45, 2.75) is 38.3 Å². The zero-order valence-corrected chi connectivity index (χ0v) is 11.9. The summed E-state index contributed by atoms with van der Waals surface area (Å²) in [7, 11) is 1.86. The maximum absolute atomic E-state index is 14.2. The van der Waals surface area contributed by atoms with Crippen molar-refractivity contribution in [3.63, 3.8) is 0 Å². The van der Waals surface area contributed by atoms with Gasteiger partial charge in [-0.1, -0.05) is 6.07 Å². The standard InChI is InChI=1S/C15H23FN2O/c1-11(17-3)12-4-5-14(13(16)10-12)18-8-6-15(2,19)7-9-18/h4-5,10-11,17,19H,6-9H2,1-3H3. The monoisotopic (exact) mass is 266 g/mol.